The van der Waals surface area contributed by atoms with E-state index in [1.807, 2.05) is 65.3 Å². The summed E-state index contributed by atoms with van der Waals surface area (Å²) in [4.78, 5) is 50.2. The highest BCUT2D eigenvalue weighted by molar-refractivity contribution is 6.06. The fourth-order valence-electron chi connectivity index (χ4n) is 9.57. The first kappa shape index (κ1) is 44.7. The van der Waals surface area contributed by atoms with Crippen molar-refractivity contribution in [3.8, 4) is 22.6 Å². The molecule has 70 heavy (non-hydrogen) atoms. The lowest BCUT2D eigenvalue weighted by Gasteiger charge is -2.34. The molecule has 0 aliphatic carbocycles. The fraction of sp³-hybridized carbons (Fsp3) is 0.275. The van der Waals surface area contributed by atoms with Gasteiger partial charge in [0.15, 0.2) is 11.5 Å². The van der Waals surface area contributed by atoms with Gasteiger partial charge < -0.3 is 45.5 Å². The maximum atomic E-state index is 14.6. The van der Waals surface area contributed by atoms with E-state index < -0.39 is 5.60 Å². The molecule has 2 fully saturated rings. The van der Waals surface area contributed by atoms with Crippen LogP contribution in [0.2, 0.25) is 0 Å². The van der Waals surface area contributed by atoms with Crippen molar-refractivity contribution in [3.63, 3.8) is 0 Å². The van der Waals surface area contributed by atoms with Gasteiger partial charge in [0.05, 0.1) is 95.0 Å². The summed E-state index contributed by atoms with van der Waals surface area (Å²) >= 11 is 0. The zero-order chi connectivity index (χ0) is 47.9. The van der Waals surface area contributed by atoms with Crippen molar-refractivity contribution in [2.45, 2.75) is 44.6 Å². The van der Waals surface area contributed by atoms with Gasteiger partial charge in [-0.15, -0.1) is 0 Å². The number of aliphatic hydroxyl groups is 1. The molecule has 18 nitrogen and oxygen atoms in total. The molecule has 2 saturated heterocycles. The Morgan fingerprint density at radius 3 is 2.31 bits per heavy atom. The quantitative estimate of drug-likeness (QED) is 0.0999. The standard InChI is InChI=1S/C27H27FN6O3.C24H22N6O3/c1-16-7-8-34-22(13-30-26(34)25(16)28)19-4-5-21(24-20(19)12-31-27(24)35)32-23-6-3-17(11-29-23)33-9-10-37-18(14-33)15-36-2;31-23-21-16(12-28-23)22(18-14-26-20-3-1-2-8-30(18)20)27-13-17(21)29-19-5-4-15(11-25-19)24(32)6-9-33-10-7-24/h3-8,11,13,18H,9-10,12,14-15H2,1-2H3,(H,29,32)(H,31,35);1-5,8,11,13-14,32H,6-7,9-10,12H2,(H,25,29)(H,28,31)/t18-;/m1./s1. The zero-order valence-corrected chi connectivity index (χ0v) is 38.4. The number of imidazole rings is 2. The Kier molecular flexibility index (Phi) is 11.8. The van der Waals surface area contributed by atoms with E-state index >= 15 is 0 Å². The van der Waals surface area contributed by atoms with Gasteiger partial charge in [0.25, 0.3) is 11.8 Å². The minimum absolute atomic E-state index is 0.0320. The highest BCUT2D eigenvalue weighted by atomic mass is 19.1. The molecule has 1 aromatic carbocycles. The van der Waals surface area contributed by atoms with Crippen molar-refractivity contribution in [2.24, 2.45) is 0 Å². The van der Waals surface area contributed by atoms with Crippen LogP contribution < -0.4 is 26.2 Å². The Morgan fingerprint density at radius 2 is 1.54 bits per heavy atom. The van der Waals surface area contributed by atoms with E-state index in [1.165, 1.54) is 0 Å². The van der Waals surface area contributed by atoms with E-state index in [1.54, 1.807) is 61.6 Å². The second-order valence-electron chi connectivity index (χ2n) is 17.6. The first-order valence-electron chi connectivity index (χ1n) is 23.1. The number of aromatic nitrogens is 7. The molecule has 0 saturated carbocycles. The van der Waals surface area contributed by atoms with Crippen LogP contribution in [-0.4, -0.2) is 103 Å². The average Bonchev–Trinajstić information content (AvgIpc) is 4.20. The second-order valence-corrected chi connectivity index (χ2v) is 17.6. The van der Waals surface area contributed by atoms with Gasteiger partial charge in [0.2, 0.25) is 0 Å². The Labute approximate surface area is 400 Å². The maximum absolute atomic E-state index is 14.6. The van der Waals surface area contributed by atoms with Gasteiger partial charge in [0.1, 0.15) is 17.3 Å². The molecule has 5 N–H and O–H groups in total. The van der Waals surface area contributed by atoms with E-state index in [4.69, 9.17) is 14.2 Å². The number of nitrogens with one attached hydrogen (secondary N) is 4. The van der Waals surface area contributed by atoms with Gasteiger partial charge in [-0.05, 0) is 60.5 Å². The topological polar surface area (TPSA) is 207 Å². The highest BCUT2D eigenvalue weighted by Gasteiger charge is 2.33. The summed E-state index contributed by atoms with van der Waals surface area (Å²) in [6, 6.07) is 18.9. The van der Waals surface area contributed by atoms with Crippen molar-refractivity contribution < 1.29 is 33.3 Å². The molecular formula is C51H49FN12O6. The molecule has 1 atom stereocenters. The molecule has 0 unspecified atom stereocenters. The summed E-state index contributed by atoms with van der Waals surface area (Å²) in [5, 5.41) is 23.2. The number of morpholine rings is 1. The van der Waals surface area contributed by atoms with Gasteiger partial charge in [-0.3, -0.25) is 23.4 Å². The Balaban J connectivity index is 0.000000153. The number of hydrogen-bond acceptors (Lipinski definition) is 14. The number of anilines is 5. The number of methoxy groups -OCH3 is 1. The van der Waals surface area contributed by atoms with E-state index in [-0.39, 0.29) is 29.4 Å². The van der Waals surface area contributed by atoms with Crippen LogP contribution >= 0.6 is 0 Å². The molecule has 4 aliphatic heterocycles. The average molecular weight is 945 g/mol. The van der Waals surface area contributed by atoms with Crippen LogP contribution in [0.5, 0.6) is 0 Å². The molecule has 0 radical (unpaired) electrons. The molecule has 8 aromatic rings. The summed E-state index contributed by atoms with van der Waals surface area (Å²) in [6.07, 6.45) is 13.4. The molecule has 12 rings (SSSR count). The minimum atomic E-state index is -0.915. The fourth-order valence-corrected chi connectivity index (χ4v) is 9.57. The number of benzene rings is 1. The summed E-state index contributed by atoms with van der Waals surface area (Å²) in [7, 11) is 1.67. The third kappa shape index (κ3) is 8.31. The third-order valence-corrected chi connectivity index (χ3v) is 13.3. The van der Waals surface area contributed by atoms with Crippen LogP contribution in [0.25, 0.3) is 33.9 Å². The van der Waals surface area contributed by atoms with Crippen LogP contribution in [0, 0.1) is 12.7 Å². The Morgan fingerprint density at radius 1 is 0.786 bits per heavy atom. The lowest BCUT2D eigenvalue weighted by atomic mass is 9.87. The van der Waals surface area contributed by atoms with Crippen LogP contribution in [-0.2, 0) is 32.9 Å². The number of aryl methyl sites for hydroxylation is 1. The van der Waals surface area contributed by atoms with Gasteiger partial charge in [-0.25, -0.2) is 24.3 Å². The largest absolute Gasteiger partial charge is 0.385 e. The predicted molar refractivity (Wildman–Crippen MR) is 259 cm³/mol. The molecular weight excluding hydrogens is 896 g/mol. The molecule has 0 spiro atoms. The molecule has 356 valence electrons. The number of nitrogens with zero attached hydrogens (tertiary/aromatic N) is 8. The maximum Gasteiger partial charge on any atom is 0.254 e. The summed E-state index contributed by atoms with van der Waals surface area (Å²) in [5.41, 5.74) is 9.60. The lowest BCUT2D eigenvalue weighted by Crippen LogP contribution is -2.44. The first-order valence-corrected chi connectivity index (χ1v) is 23.1. The molecule has 11 heterocycles. The van der Waals surface area contributed by atoms with Crippen molar-refractivity contribution in [1.29, 1.82) is 0 Å². The number of amides is 2. The van der Waals surface area contributed by atoms with E-state index in [2.05, 4.69) is 51.1 Å². The number of pyridine rings is 5. The second kappa shape index (κ2) is 18.6. The number of carbonyl (C=O) groups is 2. The number of fused-ring (bicyclic) bond motifs is 4. The van der Waals surface area contributed by atoms with Crippen molar-refractivity contribution in [1.82, 2.24) is 44.4 Å². The highest BCUT2D eigenvalue weighted by Crippen LogP contribution is 2.38. The zero-order valence-electron chi connectivity index (χ0n) is 38.4. The number of halogens is 1. The third-order valence-electron chi connectivity index (χ3n) is 13.3. The number of ether oxygens (including phenoxy) is 3. The van der Waals surface area contributed by atoms with Gasteiger partial charge in [0, 0.05) is 94.6 Å². The SMILES string of the molecule is COC[C@H]1CN(c2ccc(Nc3ccc(-c4cnc5c(F)c(C)ccn45)c4c3C(=O)NC4)nc2)CCO1.O=C1NCc2c(-c3cnc4ccccn34)ncc(Nc3ccc(C4(O)CCOCC4)cn3)c21. The van der Waals surface area contributed by atoms with Crippen LogP contribution in [0.4, 0.5) is 33.1 Å². The molecule has 7 aromatic heterocycles. The number of rotatable bonds is 10. The Hall–Kier alpha value is -7.84. The molecule has 0 bridgehead atoms. The predicted octanol–water partition coefficient (Wildman–Crippen LogP) is 6.46. The van der Waals surface area contributed by atoms with E-state index in [9.17, 15) is 19.1 Å². The van der Waals surface area contributed by atoms with Crippen LogP contribution in [0.3, 0.4) is 0 Å². The monoisotopic (exact) mass is 944 g/mol. The number of hydrogen-bond donors (Lipinski definition) is 5. The lowest BCUT2D eigenvalue weighted by molar-refractivity contribution is -0.0680. The van der Waals surface area contributed by atoms with Crippen LogP contribution in [0.1, 0.15) is 55.8 Å². The van der Waals surface area contributed by atoms with Crippen molar-refractivity contribution in [2.75, 3.05) is 62.2 Å². The molecule has 4 aliphatic rings. The normalized spacial score (nSPS) is 17.1. The van der Waals surface area contributed by atoms with Crippen molar-refractivity contribution in [3.05, 3.63) is 143 Å². The number of carbonyl (C=O) groups excluding carboxylic acids is 2. The van der Waals surface area contributed by atoms with Gasteiger partial charge in [-0.2, -0.15) is 0 Å². The van der Waals surface area contributed by atoms with E-state index in [0.29, 0.717) is 92.1 Å². The van der Waals surface area contributed by atoms with Gasteiger partial charge >= 0.3 is 0 Å². The van der Waals surface area contributed by atoms with Crippen molar-refractivity contribution >= 4 is 51.8 Å². The summed E-state index contributed by atoms with van der Waals surface area (Å²) in [5.74, 6) is 0.536. The first-order chi connectivity index (χ1) is 34.2. The van der Waals surface area contributed by atoms with E-state index in [0.717, 1.165) is 63.8 Å². The molecule has 19 heteroatoms. The van der Waals surface area contributed by atoms with Crippen LogP contribution in [0.15, 0.2) is 104 Å². The summed E-state index contributed by atoms with van der Waals surface area (Å²) in [6.45, 7) is 6.27. The smallest absolute Gasteiger partial charge is 0.254 e. The summed E-state index contributed by atoms with van der Waals surface area (Å²) < 4.78 is 34.6. The Bertz CT molecular complexity index is 3280. The minimum Gasteiger partial charge on any atom is -0.385 e. The van der Waals surface area contributed by atoms with Gasteiger partial charge in [-0.1, -0.05) is 18.2 Å². The molecule has 2 amide bonds.